The molecule has 2 nitrogen and oxygen atoms in total. The van der Waals surface area contributed by atoms with E-state index in [-0.39, 0.29) is 0 Å². The first-order valence-corrected chi connectivity index (χ1v) is 7.05. The van der Waals surface area contributed by atoms with Gasteiger partial charge in [-0.1, -0.05) is 13.8 Å². The topological polar surface area (TPSA) is 20.3 Å². The molecule has 0 atom stereocenters. The first-order valence-electron chi connectivity index (χ1n) is 5.19. The fourth-order valence-corrected chi connectivity index (χ4v) is 3.16. The molecule has 0 unspecified atom stereocenters. The van der Waals surface area contributed by atoms with E-state index in [2.05, 4.69) is 24.1 Å². The van der Waals surface area contributed by atoms with Gasteiger partial charge < -0.3 is 4.90 Å². The van der Waals surface area contributed by atoms with Crippen molar-refractivity contribution in [2.75, 3.05) is 25.4 Å². The molecule has 1 aromatic rings. The Bertz CT molecular complexity index is 295. The zero-order valence-corrected chi connectivity index (χ0v) is 10.9. The van der Waals surface area contributed by atoms with Crippen LogP contribution in [0.5, 0.6) is 0 Å². The standard InChI is InChI=1S/C11H17NOS2/c1-3-12(4-2)5-6-14-11-7-10(8-13)15-9-11/h7-9H,3-6H2,1-2H3. The molecule has 0 aliphatic rings. The Kier molecular flexibility index (Phi) is 5.98. The van der Waals surface area contributed by atoms with Crippen LogP contribution in [0.4, 0.5) is 0 Å². The molecule has 0 amide bonds. The number of hydrogen-bond acceptors (Lipinski definition) is 4. The number of thioether (sulfide) groups is 1. The van der Waals surface area contributed by atoms with E-state index in [0.29, 0.717) is 0 Å². The Morgan fingerprint density at radius 3 is 2.73 bits per heavy atom. The Hall–Kier alpha value is -0.320. The van der Waals surface area contributed by atoms with Crippen LogP contribution in [0.15, 0.2) is 16.3 Å². The highest BCUT2D eigenvalue weighted by Gasteiger charge is 2.01. The Labute approximate surface area is 99.7 Å². The maximum atomic E-state index is 10.5. The first-order chi connectivity index (χ1) is 7.30. The van der Waals surface area contributed by atoms with E-state index >= 15 is 0 Å². The van der Waals surface area contributed by atoms with E-state index in [1.54, 1.807) is 0 Å². The highest BCUT2D eigenvalue weighted by molar-refractivity contribution is 7.99. The highest BCUT2D eigenvalue weighted by Crippen LogP contribution is 2.23. The lowest BCUT2D eigenvalue weighted by Gasteiger charge is -2.16. The smallest absolute Gasteiger partial charge is 0.160 e. The number of aldehydes is 1. The summed E-state index contributed by atoms with van der Waals surface area (Å²) in [7, 11) is 0. The van der Waals surface area contributed by atoms with Crippen molar-refractivity contribution in [1.29, 1.82) is 0 Å². The fraction of sp³-hybridized carbons (Fsp3) is 0.545. The van der Waals surface area contributed by atoms with Gasteiger partial charge in [0.15, 0.2) is 6.29 Å². The lowest BCUT2D eigenvalue weighted by molar-refractivity contribution is 0.112. The zero-order chi connectivity index (χ0) is 11.1. The number of hydrogen-bond donors (Lipinski definition) is 0. The average Bonchev–Trinajstić information content (AvgIpc) is 2.72. The number of carbonyl (C=O) groups is 1. The zero-order valence-electron chi connectivity index (χ0n) is 9.23. The van der Waals surface area contributed by atoms with Gasteiger partial charge in [-0.05, 0) is 19.2 Å². The van der Waals surface area contributed by atoms with Crippen LogP contribution in [0.25, 0.3) is 0 Å². The molecule has 0 aliphatic heterocycles. The van der Waals surface area contributed by atoms with Crippen molar-refractivity contribution in [3.8, 4) is 0 Å². The first kappa shape index (κ1) is 12.7. The molecule has 1 rings (SSSR count). The van der Waals surface area contributed by atoms with Gasteiger partial charge in [0.1, 0.15) is 0 Å². The number of thiophene rings is 1. The monoisotopic (exact) mass is 243 g/mol. The third-order valence-corrected chi connectivity index (χ3v) is 4.25. The van der Waals surface area contributed by atoms with Crippen molar-refractivity contribution in [3.63, 3.8) is 0 Å². The summed E-state index contributed by atoms with van der Waals surface area (Å²) in [6.07, 6.45) is 0.916. The number of nitrogens with zero attached hydrogens (tertiary/aromatic N) is 1. The quantitative estimate of drug-likeness (QED) is 0.542. The van der Waals surface area contributed by atoms with Gasteiger partial charge in [0.05, 0.1) is 4.88 Å². The minimum absolute atomic E-state index is 0.820. The molecule has 0 saturated heterocycles. The van der Waals surface area contributed by atoms with Crippen LogP contribution >= 0.6 is 23.1 Å². The van der Waals surface area contributed by atoms with Gasteiger partial charge in [-0.3, -0.25) is 4.79 Å². The van der Waals surface area contributed by atoms with E-state index in [9.17, 15) is 4.79 Å². The van der Waals surface area contributed by atoms with Crippen molar-refractivity contribution >= 4 is 29.4 Å². The van der Waals surface area contributed by atoms with Crippen molar-refractivity contribution < 1.29 is 4.79 Å². The molecule has 0 bridgehead atoms. The maximum Gasteiger partial charge on any atom is 0.160 e. The van der Waals surface area contributed by atoms with Crippen molar-refractivity contribution in [1.82, 2.24) is 4.90 Å². The van der Waals surface area contributed by atoms with Crippen LogP contribution in [-0.4, -0.2) is 36.6 Å². The predicted molar refractivity (Wildman–Crippen MR) is 68.2 cm³/mol. The van der Waals surface area contributed by atoms with E-state index in [1.165, 1.54) is 16.2 Å². The number of carbonyl (C=O) groups excluding carboxylic acids is 1. The van der Waals surface area contributed by atoms with Crippen LogP contribution in [-0.2, 0) is 0 Å². The van der Waals surface area contributed by atoms with Crippen LogP contribution in [0.2, 0.25) is 0 Å². The van der Waals surface area contributed by atoms with Gasteiger partial charge in [-0.25, -0.2) is 0 Å². The molecule has 0 radical (unpaired) electrons. The molecule has 84 valence electrons. The summed E-state index contributed by atoms with van der Waals surface area (Å²) >= 11 is 3.34. The lowest BCUT2D eigenvalue weighted by Crippen LogP contribution is -2.25. The normalized spacial score (nSPS) is 10.9. The van der Waals surface area contributed by atoms with Crippen LogP contribution in [0, 0.1) is 0 Å². The second-order valence-corrected chi connectivity index (χ2v) is 5.29. The summed E-state index contributed by atoms with van der Waals surface area (Å²) in [5, 5.41) is 2.05. The lowest BCUT2D eigenvalue weighted by atomic mass is 10.5. The Balaban J connectivity index is 2.27. The van der Waals surface area contributed by atoms with Gasteiger partial charge in [-0.2, -0.15) is 0 Å². The second kappa shape index (κ2) is 7.04. The summed E-state index contributed by atoms with van der Waals surface area (Å²) in [6.45, 7) is 7.71. The molecule has 1 aromatic heterocycles. The third kappa shape index (κ3) is 4.36. The summed E-state index contributed by atoms with van der Waals surface area (Å²) in [5.41, 5.74) is 0. The highest BCUT2D eigenvalue weighted by atomic mass is 32.2. The average molecular weight is 243 g/mol. The molecular formula is C11H17NOS2. The molecule has 0 fully saturated rings. The van der Waals surface area contributed by atoms with Crippen molar-refractivity contribution in [3.05, 3.63) is 16.3 Å². The van der Waals surface area contributed by atoms with E-state index in [4.69, 9.17) is 0 Å². The second-order valence-electron chi connectivity index (χ2n) is 3.18. The predicted octanol–water partition coefficient (Wildman–Crippen LogP) is 2.99. The number of rotatable bonds is 7. The fourth-order valence-electron chi connectivity index (χ4n) is 1.30. The molecule has 1 heterocycles. The molecule has 0 N–H and O–H groups in total. The van der Waals surface area contributed by atoms with Gasteiger partial charge >= 0.3 is 0 Å². The van der Waals surface area contributed by atoms with Crippen LogP contribution in [0.3, 0.4) is 0 Å². The van der Waals surface area contributed by atoms with E-state index in [1.807, 2.05) is 17.8 Å². The van der Waals surface area contributed by atoms with Gasteiger partial charge in [0, 0.05) is 22.6 Å². The molecular weight excluding hydrogens is 226 g/mol. The Morgan fingerprint density at radius 1 is 1.47 bits per heavy atom. The van der Waals surface area contributed by atoms with Gasteiger partial charge in [0.2, 0.25) is 0 Å². The summed E-state index contributed by atoms with van der Waals surface area (Å²) in [4.78, 5) is 14.9. The van der Waals surface area contributed by atoms with E-state index in [0.717, 1.165) is 36.6 Å². The summed E-state index contributed by atoms with van der Waals surface area (Å²) in [5.74, 6) is 1.09. The summed E-state index contributed by atoms with van der Waals surface area (Å²) < 4.78 is 0. The Morgan fingerprint density at radius 2 is 2.20 bits per heavy atom. The molecule has 0 aromatic carbocycles. The van der Waals surface area contributed by atoms with Crippen molar-refractivity contribution in [2.45, 2.75) is 18.7 Å². The molecule has 0 spiro atoms. The SMILES string of the molecule is CCN(CC)CCSc1csc(C=O)c1. The minimum atomic E-state index is 0.820. The van der Waals surface area contributed by atoms with Crippen LogP contribution < -0.4 is 0 Å². The summed E-state index contributed by atoms with van der Waals surface area (Å²) in [6, 6.07) is 1.96. The molecule has 0 aliphatic carbocycles. The maximum absolute atomic E-state index is 10.5. The van der Waals surface area contributed by atoms with Gasteiger partial charge in [-0.15, -0.1) is 23.1 Å². The largest absolute Gasteiger partial charge is 0.303 e. The van der Waals surface area contributed by atoms with E-state index < -0.39 is 0 Å². The molecule has 4 heteroatoms. The molecule has 0 saturated carbocycles. The third-order valence-electron chi connectivity index (χ3n) is 2.28. The van der Waals surface area contributed by atoms with Crippen molar-refractivity contribution in [2.24, 2.45) is 0 Å². The van der Waals surface area contributed by atoms with Crippen LogP contribution in [0.1, 0.15) is 23.5 Å². The minimum Gasteiger partial charge on any atom is -0.303 e. The molecule has 15 heavy (non-hydrogen) atoms. The van der Waals surface area contributed by atoms with Gasteiger partial charge in [0.25, 0.3) is 0 Å².